The van der Waals surface area contributed by atoms with E-state index in [0.29, 0.717) is 12.5 Å². The monoisotopic (exact) mass is 367 g/mol. The molecule has 2 atom stereocenters. The average Bonchev–Trinajstić information content (AvgIpc) is 3.30. The number of aryl methyl sites for hydroxylation is 1. The van der Waals surface area contributed by atoms with Gasteiger partial charge in [-0.25, -0.2) is 4.98 Å². The molecular weight excluding hydrogens is 338 g/mol. The molecular formula is C21H29N5O. The second-order valence-electron chi connectivity index (χ2n) is 8.60. The van der Waals surface area contributed by atoms with E-state index < -0.39 is 0 Å². The van der Waals surface area contributed by atoms with Crippen molar-refractivity contribution in [2.75, 3.05) is 26.2 Å². The molecule has 6 heteroatoms. The average molecular weight is 367 g/mol. The summed E-state index contributed by atoms with van der Waals surface area (Å²) < 4.78 is 1.99. The van der Waals surface area contributed by atoms with Crippen LogP contribution in [0.25, 0.3) is 0 Å². The van der Waals surface area contributed by atoms with Crippen LogP contribution in [0.15, 0.2) is 37.1 Å². The van der Waals surface area contributed by atoms with E-state index in [1.807, 2.05) is 41.2 Å². The van der Waals surface area contributed by atoms with Crippen LogP contribution in [0.1, 0.15) is 37.4 Å². The van der Waals surface area contributed by atoms with Gasteiger partial charge in [-0.1, -0.05) is 19.9 Å². The molecule has 2 saturated heterocycles. The molecule has 4 heterocycles. The summed E-state index contributed by atoms with van der Waals surface area (Å²) in [5, 5.41) is 0. The quantitative estimate of drug-likeness (QED) is 0.814. The van der Waals surface area contributed by atoms with Crippen LogP contribution in [0.3, 0.4) is 0 Å². The second kappa shape index (κ2) is 7.08. The summed E-state index contributed by atoms with van der Waals surface area (Å²) in [4.78, 5) is 26.9. The highest BCUT2D eigenvalue weighted by atomic mass is 16.2. The number of imidazole rings is 1. The third-order valence-corrected chi connectivity index (χ3v) is 5.96. The van der Waals surface area contributed by atoms with Crippen LogP contribution in [-0.4, -0.2) is 56.4 Å². The first-order valence-electron chi connectivity index (χ1n) is 9.86. The summed E-state index contributed by atoms with van der Waals surface area (Å²) >= 11 is 0. The number of rotatable bonds is 5. The maximum absolute atomic E-state index is 13.6. The van der Waals surface area contributed by atoms with Gasteiger partial charge in [0.2, 0.25) is 5.91 Å². The molecule has 4 rings (SSSR count). The Hall–Kier alpha value is -2.21. The van der Waals surface area contributed by atoms with Crippen LogP contribution in [-0.2, 0) is 18.4 Å². The van der Waals surface area contributed by atoms with E-state index in [-0.39, 0.29) is 17.2 Å². The SMILES string of the molecule is CC(C)CN1CC(c2cn(C)cn2)C2(CCN(Cc3cccnc3)C2=O)C1. The van der Waals surface area contributed by atoms with E-state index in [0.717, 1.165) is 43.9 Å². The summed E-state index contributed by atoms with van der Waals surface area (Å²) in [6.07, 6.45) is 8.47. The molecule has 2 fully saturated rings. The van der Waals surface area contributed by atoms with Gasteiger partial charge < -0.3 is 14.4 Å². The minimum absolute atomic E-state index is 0.170. The first kappa shape index (κ1) is 18.2. The van der Waals surface area contributed by atoms with E-state index >= 15 is 0 Å². The van der Waals surface area contributed by atoms with Crippen LogP contribution in [0.5, 0.6) is 0 Å². The molecule has 0 radical (unpaired) electrons. The summed E-state index contributed by atoms with van der Waals surface area (Å²) in [5.41, 5.74) is 1.81. The Kier molecular flexibility index (Phi) is 4.76. The van der Waals surface area contributed by atoms with Crippen LogP contribution >= 0.6 is 0 Å². The number of carbonyl (C=O) groups is 1. The summed E-state index contributed by atoms with van der Waals surface area (Å²) in [7, 11) is 2.00. The lowest BCUT2D eigenvalue weighted by atomic mass is 9.75. The van der Waals surface area contributed by atoms with Gasteiger partial charge in [0, 0.05) is 64.3 Å². The van der Waals surface area contributed by atoms with Crippen molar-refractivity contribution in [3.05, 3.63) is 48.3 Å². The van der Waals surface area contributed by atoms with E-state index in [4.69, 9.17) is 0 Å². The number of carbonyl (C=O) groups excluding carboxylic acids is 1. The maximum Gasteiger partial charge on any atom is 0.231 e. The molecule has 1 spiro atoms. The van der Waals surface area contributed by atoms with Crippen LogP contribution < -0.4 is 0 Å². The lowest BCUT2D eigenvalue weighted by Crippen LogP contribution is -2.39. The summed E-state index contributed by atoms with van der Waals surface area (Å²) in [6.45, 7) is 8.73. The number of hydrogen-bond acceptors (Lipinski definition) is 4. The maximum atomic E-state index is 13.6. The molecule has 144 valence electrons. The van der Waals surface area contributed by atoms with Crippen molar-refractivity contribution in [2.45, 2.75) is 32.7 Å². The van der Waals surface area contributed by atoms with Crippen molar-refractivity contribution in [3.8, 4) is 0 Å². The summed E-state index contributed by atoms with van der Waals surface area (Å²) in [5.74, 6) is 1.05. The fourth-order valence-corrected chi connectivity index (χ4v) is 4.84. The predicted octanol–water partition coefficient (Wildman–Crippen LogP) is 2.29. The number of amides is 1. The first-order valence-corrected chi connectivity index (χ1v) is 9.86. The molecule has 0 bridgehead atoms. The third kappa shape index (κ3) is 3.38. The Morgan fingerprint density at radius 3 is 2.89 bits per heavy atom. The normalized spacial score (nSPS) is 26.0. The van der Waals surface area contributed by atoms with Crippen molar-refractivity contribution in [1.82, 2.24) is 24.3 Å². The number of nitrogens with zero attached hydrogens (tertiary/aromatic N) is 5. The Labute approximate surface area is 161 Å². The zero-order valence-corrected chi connectivity index (χ0v) is 16.5. The molecule has 0 aromatic carbocycles. The van der Waals surface area contributed by atoms with Gasteiger partial charge in [-0.2, -0.15) is 0 Å². The number of hydrogen-bond donors (Lipinski definition) is 0. The molecule has 2 aromatic heterocycles. The fraction of sp³-hybridized carbons (Fsp3) is 0.571. The molecule has 0 saturated carbocycles. The van der Waals surface area contributed by atoms with Gasteiger partial charge in [0.05, 0.1) is 17.4 Å². The van der Waals surface area contributed by atoms with Gasteiger partial charge in [-0.15, -0.1) is 0 Å². The molecule has 0 N–H and O–H groups in total. The van der Waals surface area contributed by atoms with E-state index in [1.54, 1.807) is 6.20 Å². The van der Waals surface area contributed by atoms with E-state index in [9.17, 15) is 4.79 Å². The molecule has 0 aliphatic carbocycles. The van der Waals surface area contributed by atoms with Gasteiger partial charge in [0.25, 0.3) is 0 Å². The van der Waals surface area contributed by atoms with E-state index in [2.05, 4.69) is 34.9 Å². The topological polar surface area (TPSA) is 54.3 Å². The molecule has 2 unspecified atom stereocenters. The Balaban J connectivity index is 1.60. The first-order chi connectivity index (χ1) is 13.0. The van der Waals surface area contributed by atoms with Crippen molar-refractivity contribution in [3.63, 3.8) is 0 Å². The van der Waals surface area contributed by atoms with Gasteiger partial charge in [-0.05, 0) is 24.0 Å². The van der Waals surface area contributed by atoms with Crippen molar-refractivity contribution < 1.29 is 4.79 Å². The number of pyridine rings is 1. The predicted molar refractivity (Wildman–Crippen MR) is 104 cm³/mol. The highest BCUT2D eigenvalue weighted by Crippen LogP contribution is 2.49. The zero-order valence-electron chi connectivity index (χ0n) is 16.5. The molecule has 6 nitrogen and oxygen atoms in total. The Morgan fingerprint density at radius 1 is 1.37 bits per heavy atom. The minimum atomic E-state index is -0.342. The third-order valence-electron chi connectivity index (χ3n) is 5.96. The van der Waals surface area contributed by atoms with Crippen molar-refractivity contribution in [2.24, 2.45) is 18.4 Å². The van der Waals surface area contributed by atoms with Crippen LogP contribution in [0.4, 0.5) is 0 Å². The van der Waals surface area contributed by atoms with Gasteiger partial charge in [-0.3, -0.25) is 9.78 Å². The van der Waals surface area contributed by atoms with Crippen LogP contribution in [0, 0.1) is 11.3 Å². The fourth-order valence-electron chi connectivity index (χ4n) is 4.84. The molecule has 1 amide bonds. The standard InChI is InChI=1S/C21H29N5O/c1-16(2)10-25-12-18(19-13-24(3)15-23-19)21(14-25)6-8-26(20(21)27)11-17-5-4-7-22-9-17/h4-5,7,9,13,15-16,18H,6,8,10-12,14H2,1-3H3. The lowest BCUT2D eigenvalue weighted by molar-refractivity contribution is -0.136. The number of likely N-dealkylation sites (tertiary alicyclic amines) is 2. The van der Waals surface area contributed by atoms with Gasteiger partial charge in [0.15, 0.2) is 0 Å². The highest BCUT2D eigenvalue weighted by Gasteiger charge is 2.57. The lowest BCUT2D eigenvalue weighted by Gasteiger charge is -2.28. The van der Waals surface area contributed by atoms with Gasteiger partial charge in [0.1, 0.15) is 0 Å². The van der Waals surface area contributed by atoms with Crippen molar-refractivity contribution in [1.29, 1.82) is 0 Å². The highest BCUT2D eigenvalue weighted by molar-refractivity contribution is 5.86. The molecule has 2 aromatic rings. The Bertz CT molecular complexity index is 802. The van der Waals surface area contributed by atoms with E-state index in [1.165, 1.54) is 0 Å². The summed E-state index contributed by atoms with van der Waals surface area (Å²) in [6, 6.07) is 3.98. The Morgan fingerprint density at radius 2 is 2.22 bits per heavy atom. The zero-order chi connectivity index (χ0) is 19.0. The molecule has 2 aliphatic heterocycles. The molecule has 2 aliphatic rings. The van der Waals surface area contributed by atoms with Gasteiger partial charge >= 0.3 is 0 Å². The minimum Gasteiger partial charge on any atom is -0.340 e. The van der Waals surface area contributed by atoms with Crippen molar-refractivity contribution >= 4 is 5.91 Å². The largest absolute Gasteiger partial charge is 0.340 e. The second-order valence-corrected chi connectivity index (χ2v) is 8.60. The van der Waals surface area contributed by atoms with Crippen LogP contribution in [0.2, 0.25) is 0 Å². The smallest absolute Gasteiger partial charge is 0.231 e. The number of aromatic nitrogens is 3. The molecule has 27 heavy (non-hydrogen) atoms.